The molecule has 0 amide bonds. The first-order valence-corrected chi connectivity index (χ1v) is 14.5. The van der Waals surface area contributed by atoms with Crippen molar-refractivity contribution < 1.29 is 25.2 Å². The topological polar surface area (TPSA) is 105 Å². The van der Waals surface area contributed by atoms with E-state index in [-0.39, 0.29) is 24.0 Å². The first kappa shape index (κ1) is 35.1. The zero-order chi connectivity index (χ0) is 27.1. The molecule has 7 nitrogen and oxygen atoms in total. The average Bonchev–Trinajstić information content (AvgIpc) is 2.85. The van der Waals surface area contributed by atoms with E-state index < -0.39 is 36.4 Å². The maximum atomic E-state index is 10.9. The van der Waals surface area contributed by atoms with Gasteiger partial charge in [-0.3, -0.25) is 4.90 Å². The van der Waals surface area contributed by atoms with E-state index in [1.807, 2.05) is 34.6 Å². The second-order valence-corrected chi connectivity index (χ2v) is 11.0. The number of hydrogen-bond acceptors (Lipinski definition) is 8. The van der Waals surface area contributed by atoms with Crippen LogP contribution in [0.1, 0.15) is 87.5 Å². The van der Waals surface area contributed by atoms with Crippen LogP contribution in [-0.4, -0.2) is 87.6 Å². The van der Waals surface area contributed by atoms with E-state index in [9.17, 15) is 20.4 Å². The van der Waals surface area contributed by atoms with Crippen molar-refractivity contribution in [3.8, 4) is 0 Å². The van der Waals surface area contributed by atoms with Crippen molar-refractivity contribution >= 4 is 12.6 Å². The number of thiol groups is 1. The van der Waals surface area contributed by atoms with Gasteiger partial charge in [-0.05, 0) is 58.0 Å². The smallest absolute Gasteiger partial charge is 0.159 e. The van der Waals surface area contributed by atoms with Crippen molar-refractivity contribution in [2.75, 3.05) is 25.5 Å². The summed E-state index contributed by atoms with van der Waals surface area (Å²) in [6.45, 7) is 18.7. The molecule has 0 aliphatic rings. The summed E-state index contributed by atoms with van der Waals surface area (Å²) in [4.78, 5) is 2.33. The fourth-order valence-corrected chi connectivity index (χ4v) is 5.17. The van der Waals surface area contributed by atoms with Crippen LogP contribution in [0.2, 0.25) is 0 Å². The molecule has 10 atom stereocenters. The average molecular weight is 523 g/mol. The summed E-state index contributed by atoms with van der Waals surface area (Å²) in [5.74, 6) is -0.329. The molecule has 8 heteroatoms. The maximum Gasteiger partial charge on any atom is 0.159 e. The van der Waals surface area contributed by atoms with E-state index in [0.29, 0.717) is 12.8 Å². The lowest BCUT2D eigenvalue weighted by Gasteiger charge is -2.36. The summed E-state index contributed by atoms with van der Waals surface area (Å²) in [7, 11) is 0. The molecule has 8 unspecified atom stereocenters. The third-order valence-corrected chi connectivity index (χ3v) is 7.99. The number of rotatable bonds is 21. The van der Waals surface area contributed by atoms with E-state index >= 15 is 0 Å². The van der Waals surface area contributed by atoms with Gasteiger partial charge in [0.25, 0.3) is 0 Å². The van der Waals surface area contributed by atoms with Gasteiger partial charge in [0.15, 0.2) is 6.29 Å². The molecule has 0 aliphatic heterocycles. The molecule has 0 spiro atoms. The standard InChI is InChI=1S/C27H58N2O5S/c1-9-14-29(17-35)15-12-13-28-19(5)16-18(4)25(31)21(7)26(32)22(8)27(33)34-24(11-3)20(6)23(30)10-2/h18-28,30-33,35H,9-17H2,1-8H3/t18?,19?,20?,21?,22-,23-,24?,25?,26?,27?/m1/s1. The Balaban J connectivity index is 4.66. The number of aliphatic hydroxyl groups excluding tert-OH is 4. The van der Waals surface area contributed by atoms with E-state index in [1.54, 1.807) is 6.92 Å². The Morgan fingerprint density at radius 1 is 0.829 bits per heavy atom. The molecule has 0 saturated carbocycles. The van der Waals surface area contributed by atoms with Gasteiger partial charge in [0, 0.05) is 36.2 Å². The minimum absolute atomic E-state index is 0.00967. The van der Waals surface area contributed by atoms with Crippen molar-refractivity contribution in [1.82, 2.24) is 10.2 Å². The third-order valence-electron chi connectivity index (χ3n) is 7.59. The van der Waals surface area contributed by atoms with Crippen LogP contribution in [-0.2, 0) is 4.74 Å². The van der Waals surface area contributed by atoms with Crippen molar-refractivity contribution in [3.63, 3.8) is 0 Å². The minimum atomic E-state index is -1.17. The molecule has 0 aliphatic carbocycles. The van der Waals surface area contributed by atoms with Crippen LogP contribution in [0.25, 0.3) is 0 Å². The van der Waals surface area contributed by atoms with E-state index in [2.05, 4.69) is 36.7 Å². The van der Waals surface area contributed by atoms with E-state index in [4.69, 9.17) is 4.74 Å². The van der Waals surface area contributed by atoms with Gasteiger partial charge in [-0.1, -0.05) is 48.5 Å². The van der Waals surface area contributed by atoms with Gasteiger partial charge >= 0.3 is 0 Å². The van der Waals surface area contributed by atoms with Crippen molar-refractivity contribution in [2.24, 2.45) is 23.7 Å². The Morgan fingerprint density at radius 3 is 1.97 bits per heavy atom. The molecular formula is C27H58N2O5S. The maximum absolute atomic E-state index is 10.9. The summed E-state index contributed by atoms with van der Waals surface area (Å²) in [6, 6.07) is 0.253. The fraction of sp³-hybridized carbons (Fsp3) is 1.00. The molecule has 0 aromatic rings. The molecule has 0 aromatic carbocycles. The van der Waals surface area contributed by atoms with Crippen LogP contribution in [0.15, 0.2) is 0 Å². The second-order valence-electron chi connectivity index (χ2n) is 10.7. The first-order valence-electron chi connectivity index (χ1n) is 13.9. The summed E-state index contributed by atoms with van der Waals surface area (Å²) in [5.41, 5.74) is 0. The van der Waals surface area contributed by atoms with Crippen LogP contribution in [0.4, 0.5) is 0 Å². The highest BCUT2D eigenvalue weighted by Crippen LogP contribution is 2.28. The molecule has 212 valence electrons. The lowest BCUT2D eigenvalue weighted by molar-refractivity contribution is -0.205. The van der Waals surface area contributed by atoms with Gasteiger partial charge in [0.2, 0.25) is 0 Å². The predicted octanol–water partition coefficient (Wildman–Crippen LogP) is 3.49. The number of nitrogens with one attached hydrogen (secondary N) is 1. The minimum Gasteiger partial charge on any atom is -0.393 e. The SMILES string of the molecule is CCCN(CS)CCCNC(C)CC(C)C(O)C(C)C(O)[C@@H](C)C(O)OC(CC)C(C)[C@H](O)CC. The Kier molecular flexibility index (Phi) is 19.2. The van der Waals surface area contributed by atoms with Gasteiger partial charge in [-0.2, -0.15) is 12.6 Å². The van der Waals surface area contributed by atoms with Gasteiger partial charge in [-0.25, -0.2) is 0 Å². The number of nitrogens with zero attached hydrogens (tertiary/aromatic N) is 1. The van der Waals surface area contributed by atoms with Crippen LogP contribution < -0.4 is 5.32 Å². The van der Waals surface area contributed by atoms with Gasteiger partial charge in [-0.15, -0.1) is 0 Å². The van der Waals surface area contributed by atoms with E-state index in [1.165, 1.54) is 0 Å². The molecule has 0 rings (SSSR count). The third kappa shape index (κ3) is 12.9. The highest BCUT2D eigenvalue weighted by atomic mass is 32.1. The molecule has 0 aromatic heterocycles. The Hall–Kier alpha value is 0.0700. The van der Waals surface area contributed by atoms with Crippen LogP contribution >= 0.6 is 12.6 Å². The molecule has 0 heterocycles. The molecule has 0 fully saturated rings. The lowest BCUT2D eigenvalue weighted by Crippen LogP contribution is -2.45. The first-order chi connectivity index (χ1) is 16.4. The van der Waals surface area contributed by atoms with Crippen LogP contribution in [0.3, 0.4) is 0 Å². The second kappa shape index (κ2) is 19.2. The summed E-state index contributed by atoms with van der Waals surface area (Å²) < 4.78 is 5.85. The molecule has 35 heavy (non-hydrogen) atoms. The normalized spacial score (nSPS) is 21.1. The molecule has 5 N–H and O–H groups in total. The molecule has 0 radical (unpaired) electrons. The molecular weight excluding hydrogens is 464 g/mol. The fourth-order valence-electron chi connectivity index (χ4n) is 4.88. The Bertz CT molecular complexity index is 518. The van der Waals surface area contributed by atoms with Crippen molar-refractivity contribution in [2.45, 2.75) is 124 Å². The van der Waals surface area contributed by atoms with Gasteiger partial charge < -0.3 is 30.5 Å². The Labute approximate surface area is 221 Å². The van der Waals surface area contributed by atoms with Gasteiger partial charge in [0.05, 0.1) is 24.4 Å². The van der Waals surface area contributed by atoms with Crippen molar-refractivity contribution in [3.05, 3.63) is 0 Å². The number of ether oxygens (including phenoxy) is 1. The lowest BCUT2D eigenvalue weighted by atomic mass is 9.82. The zero-order valence-corrected chi connectivity index (χ0v) is 24.6. The van der Waals surface area contributed by atoms with Crippen molar-refractivity contribution in [1.29, 1.82) is 0 Å². The number of hydrogen-bond donors (Lipinski definition) is 6. The van der Waals surface area contributed by atoms with Crippen LogP contribution in [0.5, 0.6) is 0 Å². The highest BCUT2D eigenvalue weighted by molar-refractivity contribution is 7.80. The number of aliphatic hydroxyl groups is 4. The van der Waals surface area contributed by atoms with Crippen LogP contribution in [0, 0.1) is 23.7 Å². The monoisotopic (exact) mass is 522 g/mol. The predicted molar refractivity (Wildman–Crippen MR) is 149 cm³/mol. The Morgan fingerprint density at radius 2 is 1.46 bits per heavy atom. The van der Waals surface area contributed by atoms with E-state index in [0.717, 1.165) is 44.8 Å². The molecule has 0 bridgehead atoms. The summed E-state index contributed by atoms with van der Waals surface area (Å²) in [6.07, 6.45) is 0.671. The summed E-state index contributed by atoms with van der Waals surface area (Å²) in [5, 5.41) is 46.2. The van der Waals surface area contributed by atoms with Gasteiger partial charge in [0.1, 0.15) is 0 Å². The summed E-state index contributed by atoms with van der Waals surface area (Å²) >= 11 is 4.39. The zero-order valence-electron chi connectivity index (χ0n) is 23.7. The molecule has 0 saturated heterocycles. The highest BCUT2D eigenvalue weighted by Gasteiger charge is 2.35. The largest absolute Gasteiger partial charge is 0.393 e. The quantitative estimate of drug-likeness (QED) is 0.0779.